The summed E-state index contributed by atoms with van der Waals surface area (Å²) in [4.78, 5) is 27.1. The van der Waals surface area contributed by atoms with Crippen LogP contribution >= 0.6 is 15.9 Å². The van der Waals surface area contributed by atoms with Gasteiger partial charge in [0, 0.05) is 23.6 Å². The molecule has 0 aliphatic carbocycles. The van der Waals surface area contributed by atoms with Crippen molar-refractivity contribution < 1.29 is 0 Å². The molecule has 0 aliphatic heterocycles. The van der Waals surface area contributed by atoms with Crippen molar-refractivity contribution >= 4 is 32.9 Å². The monoisotopic (exact) mass is 416 g/mol. The zero-order valence-electron chi connectivity index (χ0n) is 14.4. The number of hydrogen-bond donors (Lipinski definition) is 1. The number of unbranched alkanes of at least 4 members (excludes halogenated alkanes) is 1. The maximum Gasteiger partial charge on any atom is 0.329 e. The van der Waals surface area contributed by atoms with E-state index in [1.807, 2.05) is 28.8 Å². The molecule has 9 heteroatoms. The second-order valence-electron chi connectivity index (χ2n) is 6.16. The number of rotatable bonds is 4. The van der Waals surface area contributed by atoms with E-state index < -0.39 is 11.2 Å². The number of aryl methyl sites for hydroxylation is 2. The van der Waals surface area contributed by atoms with Crippen LogP contribution < -0.4 is 11.2 Å². The highest BCUT2D eigenvalue weighted by molar-refractivity contribution is 9.10. The highest BCUT2D eigenvalue weighted by Gasteiger charge is 2.22. The first-order valence-electron chi connectivity index (χ1n) is 8.35. The summed E-state index contributed by atoms with van der Waals surface area (Å²) < 4.78 is 6.01. The molecule has 8 nitrogen and oxygen atoms in total. The van der Waals surface area contributed by atoms with Gasteiger partial charge in [-0.1, -0.05) is 41.4 Å². The smallest absolute Gasteiger partial charge is 0.302 e. The zero-order chi connectivity index (χ0) is 18.4. The number of imidazole rings is 1. The first kappa shape index (κ1) is 16.8. The van der Waals surface area contributed by atoms with Crippen LogP contribution in [0.3, 0.4) is 0 Å². The molecule has 1 aromatic carbocycles. The average molecular weight is 417 g/mol. The summed E-state index contributed by atoms with van der Waals surface area (Å²) in [5, 5.41) is 8.64. The van der Waals surface area contributed by atoms with Crippen LogP contribution in [0.2, 0.25) is 0 Å². The fourth-order valence-electron chi connectivity index (χ4n) is 3.16. The molecule has 0 saturated carbocycles. The van der Waals surface area contributed by atoms with Crippen molar-refractivity contribution in [1.82, 2.24) is 28.7 Å². The van der Waals surface area contributed by atoms with Gasteiger partial charge in [-0.3, -0.25) is 14.3 Å². The van der Waals surface area contributed by atoms with Crippen LogP contribution in [0.15, 0.2) is 38.3 Å². The molecular formula is C17H17BrN6O2. The summed E-state index contributed by atoms with van der Waals surface area (Å²) in [6, 6.07) is 7.67. The third-order valence-corrected chi connectivity index (χ3v) is 5.01. The molecule has 0 spiro atoms. The maximum atomic E-state index is 12.5. The Kier molecular flexibility index (Phi) is 4.03. The largest absolute Gasteiger partial charge is 0.329 e. The van der Waals surface area contributed by atoms with Crippen molar-refractivity contribution in [2.24, 2.45) is 7.05 Å². The van der Waals surface area contributed by atoms with Gasteiger partial charge in [-0.2, -0.15) is 0 Å². The van der Waals surface area contributed by atoms with Gasteiger partial charge in [-0.25, -0.2) is 9.20 Å². The van der Waals surface area contributed by atoms with Gasteiger partial charge in [0.1, 0.15) is 0 Å². The van der Waals surface area contributed by atoms with Gasteiger partial charge in [-0.15, -0.1) is 10.2 Å². The quantitative estimate of drug-likeness (QED) is 0.552. The van der Waals surface area contributed by atoms with Crippen molar-refractivity contribution in [2.45, 2.75) is 26.3 Å². The van der Waals surface area contributed by atoms with E-state index in [9.17, 15) is 9.59 Å². The fourth-order valence-corrected chi connectivity index (χ4v) is 3.42. The molecule has 0 amide bonds. The summed E-state index contributed by atoms with van der Waals surface area (Å²) >= 11 is 3.42. The Morgan fingerprint density at radius 1 is 1.15 bits per heavy atom. The number of aromatic amines is 1. The molecule has 134 valence electrons. The predicted octanol–water partition coefficient (Wildman–Crippen LogP) is 2.30. The Balaban J connectivity index is 2.15. The third kappa shape index (κ3) is 2.42. The lowest BCUT2D eigenvalue weighted by Gasteiger charge is -2.04. The number of nitrogens with one attached hydrogen (secondary N) is 1. The Labute approximate surface area is 156 Å². The molecule has 0 atom stereocenters. The van der Waals surface area contributed by atoms with Crippen LogP contribution in [0.1, 0.15) is 19.8 Å². The number of H-pyrrole nitrogens is 1. The SMILES string of the molecule is CCCCn1c2c(=O)[nH]c(=O)n(C)c2n2c(-c3ccc(Br)cc3)nnc12. The molecule has 0 unspecified atom stereocenters. The van der Waals surface area contributed by atoms with E-state index in [0.717, 1.165) is 22.9 Å². The number of halogens is 1. The van der Waals surface area contributed by atoms with E-state index >= 15 is 0 Å². The molecular weight excluding hydrogens is 400 g/mol. The second kappa shape index (κ2) is 6.24. The van der Waals surface area contributed by atoms with Gasteiger partial charge in [0.25, 0.3) is 5.56 Å². The van der Waals surface area contributed by atoms with E-state index in [1.54, 1.807) is 11.4 Å². The molecule has 0 fully saturated rings. The van der Waals surface area contributed by atoms with Crippen molar-refractivity contribution in [3.8, 4) is 11.4 Å². The Hall–Kier alpha value is -2.68. The number of benzene rings is 1. The molecule has 3 heterocycles. The van der Waals surface area contributed by atoms with Crippen molar-refractivity contribution in [3.05, 3.63) is 49.6 Å². The summed E-state index contributed by atoms with van der Waals surface area (Å²) in [6.07, 6.45) is 1.87. The normalized spacial score (nSPS) is 11.7. The van der Waals surface area contributed by atoms with E-state index in [4.69, 9.17) is 0 Å². The summed E-state index contributed by atoms with van der Waals surface area (Å²) in [5.41, 5.74) is 0.901. The molecule has 0 radical (unpaired) electrons. The van der Waals surface area contributed by atoms with Crippen LogP contribution in [-0.4, -0.2) is 28.7 Å². The van der Waals surface area contributed by atoms with Gasteiger partial charge >= 0.3 is 5.69 Å². The molecule has 1 N–H and O–H groups in total. The first-order valence-corrected chi connectivity index (χ1v) is 9.14. The van der Waals surface area contributed by atoms with E-state index in [2.05, 4.69) is 38.0 Å². The molecule has 0 aliphatic rings. The third-order valence-electron chi connectivity index (χ3n) is 4.48. The highest BCUT2D eigenvalue weighted by atomic mass is 79.9. The Bertz CT molecular complexity index is 1230. The molecule has 4 rings (SSSR count). The Morgan fingerprint density at radius 3 is 2.58 bits per heavy atom. The standard InChI is InChI=1S/C17H17BrN6O2/c1-3-4-9-23-12-14(25)19-17(26)22(2)15(12)24-13(20-21-16(23)24)10-5-7-11(18)8-6-10/h5-8H,3-4,9H2,1-2H3,(H,19,25,26). The van der Waals surface area contributed by atoms with Crippen LogP contribution in [0.25, 0.3) is 28.3 Å². The number of hydrogen-bond acceptors (Lipinski definition) is 4. The number of nitrogens with zero attached hydrogens (tertiary/aromatic N) is 5. The van der Waals surface area contributed by atoms with E-state index in [0.29, 0.717) is 29.3 Å². The minimum absolute atomic E-state index is 0.411. The lowest BCUT2D eigenvalue weighted by molar-refractivity contribution is 0.653. The van der Waals surface area contributed by atoms with Crippen LogP contribution in [-0.2, 0) is 13.6 Å². The van der Waals surface area contributed by atoms with Gasteiger partial charge in [0.05, 0.1) is 0 Å². The van der Waals surface area contributed by atoms with E-state index in [1.165, 1.54) is 4.57 Å². The molecule has 0 saturated heterocycles. The minimum atomic E-state index is -0.465. The topological polar surface area (TPSA) is 90.0 Å². The molecule has 26 heavy (non-hydrogen) atoms. The summed E-state index contributed by atoms with van der Waals surface area (Å²) in [7, 11) is 1.63. The number of aromatic nitrogens is 6. The zero-order valence-corrected chi connectivity index (χ0v) is 15.9. The maximum absolute atomic E-state index is 12.5. The lowest BCUT2D eigenvalue weighted by Crippen LogP contribution is -2.29. The van der Waals surface area contributed by atoms with E-state index in [-0.39, 0.29) is 0 Å². The minimum Gasteiger partial charge on any atom is -0.302 e. The Morgan fingerprint density at radius 2 is 1.88 bits per heavy atom. The molecule has 3 aromatic heterocycles. The summed E-state index contributed by atoms with van der Waals surface area (Å²) in [5.74, 6) is 1.14. The van der Waals surface area contributed by atoms with Gasteiger partial charge < -0.3 is 4.57 Å². The van der Waals surface area contributed by atoms with Crippen LogP contribution in [0.5, 0.6) is 0 Å². The first-order chi connectivity index (χ1) is 12.5. The molecule has 0 bridgehead atoms. The van der Waals surface area contributed by atoms with Crippen molar-refractivity contribution in [2.75, 3.05) is 0 Å². The van der Waals surface area contributed by atoms with Gasteiger partial charge in [-0.05, 0) is 18.6 Å². The molecule has 4 aromatic rings. The average Bonchev–Trinajstić information content (AvgIpc) is 3.17. The van der Waals surface area contributed by atoms with Gasteiger partial charge in [0.15, 0.2) is 17.0 Å². The summed E-state index contributed by atoms with van der Waals surface area (Å²) in [6.45, 7) is 2.71. The van der Waals surface area contributed by atoms with Crippen molar-refractivity contribution in [3.63, 3.8) is 0 Å². The van der Waals surface area contributed by atoms with Crippen LogP contribution in [0.4, 0.5) is 0 Å². The van der Waals surface area contributed by atoms with Crippen LogP contribution in [0, 0.1) is 0 Å². The predicted molar refractivity (Wildman–Crippen MR) is 102 cm³/mol. The second-order valence-corrected chi connectivity index (χ2v) is 7.08. The van der Waals surface area contributed by atoms with Crippen molar-refractivity contribution in [1.29, 1.82) is 0 Å². The number of fused-ring (bicyclic) bond motifs is 3. The lowest BCUT2D eigenvalue weighted by atomic mass is 10.2. The fraction of sp³-hybridized carbons (Fsp3) is 0.294. The van der Waals surface area contributed by atoms with Gasteiger partial charge in [0.2, 0.25) is 5.78 Å². The highest BCUT2D eigenvalue weighted by Crippen LogP contribution is 2.25.